The third-order valence-electron chi connectivity index (χ3n) is 1.51. The van der Waals surface area contributed by atoms with E-state index in [9.17, 15) is 4.79 Å². The van der Waals surface area contributed by atoms with Crippen LogP contribution in [0.25, 0.3) is 0 Å². The molecule has 0 aliphatic carbocycles. The maximum atomic E-state index is 10.3. The Morgan fingerprint density at radius 3 is 2.92 bits per heavy atom. The number of carbonyl (C=O) groups is 1. The van der Waals surface area contributed by atoms with Crippen LogP contribution >= 0.6 is 11.6 Å². The Morgan fingerprint density at radius 1 is 1.83 bits per heavy atom. The summed E-state index contributed by atoms with van der Waals surface area (Å²) in [6.45, 7) is 1.76. The van der Waals surface area contributed by atoms with Gasteiger partial charge in [-0.05, 0) is 6.42 Å². The van der Waals surface area contributed by atoms with Crippen LogP contribution in [0.5, 0.6) is 0 Å². The molecule has 12 heavy (non-hydrogen) atoms. The van der Waals surface area contributed by atoms with Gasteiger partial charge in [0.05, 0.1) is 6.20 Å². The van der Waals surface area contributed by atoms with E-state index >= 15 is 0 Å². The maximum absolute atomic E-state index is 10.3. The molecule has 1 aromatic rings. The SMILES string of the molecule is CCc1cnn(CC(=O)O)c1Cl. The third-order valence-corrected chi connectivity index (χ3v) is 1.95. The topological polar surface area (TPSA) is 55.1 Å². The van der Waals surface area contributed by atoms with Crippen LogP contribution in [-0.4, -0.2) is 20.9 Å². The molecular weight excluding hydrogens is 180 g/mol. The Kier molecular flexibility index (Phi) is 2.70. The number of aliphatic carboxylic acids is 1. The lowest BCUT2D eigenvalue weighted by Gasteiger charge is -1.97. The van der Waals surface area contributed by atoms with Gasteiger partial charge in [0.1, 0.15) is 11.7 Å². The molecule has 0 amide bonds. The van der Waals surface area contributed by atoms with Gasteiger partial charge in [-0.2, -0.15) is 5.10 Å². The zero-order valence-electron chi connectivity index (χ0n) is 6.62. The Morgan fingerprint density at radius 2 is 2.50 bits per heavy atom. The van der Waals surface area contributed by atoms with E-state index in [-0.39, 0.29) is 6.54 Å². The van der Waals surface area contributed by atoms with Crippen molar-refractivity contribution in [1.82, 2.24) is 9.78 Å². The van der Waals surface area contributed by atoms with E-state index in [4.69, 9.17) is 16.7 Å². The lowest BCUT2D eigenvalue weighted by atomic mass is 10.3. The molecule has 1 heterocycles. The second-order valence-corrected chi connectivity index (χ2v) is 2.72. The summed E-state index contributed by atoms with van der Waals surface area (Å²) in [6.07, 6.45) is 2.35. The number of aromatic nitrogens is 2. The predicted octanol–water partition coefficient (Wildman–Crippen LogP) is 1.18. The first-order valence-corrected chi connectivity index (χ1v) is 3.95. The highest BCUT2D eigenvalue weighted by molar-refractivity contribution is 6.30. The van der Waals surface area contributed by atoms with Crippen LogP contribution in [-0.2, 0) is 17.8 Å². The van der Waals surface area contributed by atoms with Crippen molar-refractivity contribution in [1.29, 1.82) is 0 Å². The van der Waals surface area contributed by atoms with Crippen LogP contribution < -0.4 is 0 Å². The summed E-state index contributed by atoms with van der Waals surface area (Å²) in [6, 6.07) is 0. The molecule has 0 aliphatic heterocycles. The van der Waals surface area contributed by atoms with Gasteiger partial charge in [-0.15, -0.1) is 0 Å². The first kappa shape index (κ1) is 9.06. The fourth-order valence-electron chi connectivity index (χ4n) is 0.885. The van der Waals surface area contributed by atoms with E-state index in [2.05, 4.69) is 5.10 Å². The molecule has 0 radical (unpaired) electrons. The minimum absolute atomic E-state index is 0.182. The highest BCUT2D eigenvalue weighted by Gasteiger charge is 2.08. The van der Waals surface area contributed by atoms with Gasteiger partial charge in [-0.1, -0.05) is 18.5 Å². The molecule has 66 valence electrons. The molecular formula is C7H9ClN2O2. The van der Waals surface area contributed by atoms with E-state index in [0.717, 1.165) is 12.0 Å². The van der Waals surface area contributed by atoms with Crippen LogP contribution in [0.4, 0.5) is 0 Å². The monoisotopic (exact) mass is 188 g/mol. The summed E-state index contributed by atoms with van der Waals surface area (Å²) in [4.78, 5) is 10.3. The molecule has 0 atom stereocenters. The first-order valence-electron chi connectivity index (χ1n) is 3.57. The number of carboxylic acids is 1. The molecule has 1 aromatic heterocycles. The van der Waals surface area contributed by atoms with Gasteiger partial charge in [0.15, 0.2) is 0 Å². The average molecular weight is 189 g/mol. The summed E-state index contributed by atoms with van der Waals surface area (Å²) in [5, 5.41) is 12.7. The van der Waals surface area contributed by atoms with Gasteiger partial charge < -0.3 is 5.11 Å². The molecule has 0 fully saturated rings. The van der Waals surface area contributed by atoms with Crippen LogP contribution in [0.1, 0.15) is 12.5 Å². The Bertz CT molecular complexity index is 296. The number of carboxylic acid groups (broad SMARTS) is 1. The first-order chi connectivity index (χ1) is 5.65. The second kappa shape index (κ2) is 3.58. The van der Waals surface area contributed by atoms with Crippen molar-refractivity contribution in [2.45, 2.75) is 19.9 Å². The number of hydrogen-bond acceptors (Lipinski definition) is 2. The van der Waals surface area contributed by atoms with Gasteiger partial charge in [0.2, 0.25) is 0 Å². The van der Waals surface area contributed by atoms with Crippen LogP contribution in [0.15, 0.2) is 6.20 Å². The lowest BCUT2D eigenvalue weighted by Crippen LogP contribution is -2.09. The van der Waals surface area contributed by atoms with Crippen molar-refractivity contribution in [2.24, 2.45) is 0 Å². The zero-order chi connectivity index (χ0) is 9.14. The minimum Gasteiger partial charge on any atom is -0.480 e. The largest absolute Gasteiger partial charge is 0.480 e. The number of halogens is 1. The summed E-state index contributed by atoms with van der Waals surface area (Å²) in [5.41, 5.74) is 0.873. The predicted molar refractivity (Wildman–Crippen MR) is 44.3 cm³/mol. The maximum Gasteiger partial charge on any atom is 0.325 e. The highest BCUT2D eigenvalue weighted by Crippen LogP contribution is 2.15. The summed E-state index contributed by atoms with van der Waals surface area (Å²) >= 11 is 5.81. The fraction of sp³-hybridized carbons (Fsp3) is 0.429. The molecule has 0 saturated heterocycles. The van der Waals surface area contributed by atoms with Gasteiger partial charge in [-0.3, -0.25) is 4.79 Å². The normalized spacial score (nSPS) is 10.2. The molecule has 0 aromatic carbocycles. The van der Waals surface area contributed by atoms with E-state index in [0.29, 0.717) is 5.15 Å². The number of hydrogen-bond donors (Lipinski definition) is 1. The van der Waals surface area contributed by atoms with Crippen molar-refractivity contribution in [3.05, 3.63) is 16.9 Å². The fourth-order valence-corrected chi connectivity index (χ4v) is 1.17. The quantitative estimate of drug-likeness (QED) is 0.775. The van der Waals surface area contributed by atoms with Crippen molar-refractivity contribution >= 4 is 17.6 Å². The third kappa shape index (κ3) is 1.76. The van der Waals surface area contributed by atoms with Crippen molar-refractivity contribution in [3.8, 4) is 0 Å². The zero-order valence-corrected chi connectivity index (χ0v) is 7.38. The van der Waals surface area contributed by atoms with Crippen molar-refractivity contribution in [2.75, 3.05) is 0 Å². The number of nitrogens with zero attached hydrogens (tertiary/aromatic N) is 2. The van der Waals surface area contributed by atoms with Crippen LogP contribution in [0.3, 0.4) is 0 Å². The van der Waals surface area contributed by atoms with E-state index < -0.39 is 5.97 Å². The van der Waals surface area contributed by atoms with Crippen LogP contribution in [0, 0.1) is 0 Å². The molecule has 1 rings (SSSR count). The molecule has 1 N–H and O–H groups in total. The van der Waals surface area contributed by atoms with Gasteiger partial charge in [0.25, 0.3) is 0 Å². The van der Waals surface area contributed by atoms with Gasteiger partial charge in [-0.25, -0.2) is 4.68 Å². The molecule has 0 saturated carbocycles. The summed E-state index contributed by atoms with van der Waals surface area (Å²) in [7, 11) is 0. The summed E-state index contributed by atoms with van der Waals surface area (Å²) < 4.78 is 1.27. The number of aryl methyl sites for hydroxylation is 1. The van der Waals surface area contributed by atoms with Crippen LogP contribution in [0.2, 0.25) is 5.15 Å². The van der Waals surface area contributed by atoms with E-state index in [1.165, 1.54) is 4.68 Å². The van der Waals surface area contributed by atoms with Gasteiger partial charge in [0, 0.05) is 5.56 Å². The Hall–Kier alpha value is -1.03. The number of rotatable bonds is 3. The molecule has 0 aliphatic rings. The molecule has 4 nitrogen and oxygen atoms in total. The average Bonchev–Trinajstić information content (AvgIpc) is 2.32. The Labute approximate surface area is 74.8 Å². The molecule has 0 bridgehead atoms. The summed E-state index contributed by atoms with van der Waals surface area (Å²) in [5.74, 6) is -0.942. The highest BCUT2D eigenvalue weighted by atomic mass is 35.5. The Balaban J connectivity index is 2.87. The molecule has 0 spiro atoms. The minimum atomic E-state index is -0.942. The van der Waals surface area contributed by atoms with Gasteiger partial charge >= 0.3 is 5.97 Å². The van der Waals surface area contributed by atoms with E-state index in [1.807, 2.05) is 6.92 Å². The molecule has 0 unspecified atom stereocenters. The lowest BCUT2D eigenvalue weighted by molar-refractivity contribution is -0.137. The van der Waals surface area contributed by atoms with E-state index in [1.54, 1.807) is 6.20 Å². The van der Waals surface area contributed by atoms with Crippen molar-refractivity contribution < 1.29 is 9.90 Å². The smallest absolute Gasteiger partial charge is 0.325 e. The standard InChI is InChI=1S/C7H9ClN2O2/c1-2-5-3-9-10(7(5)8)4-6(11)12/h3H,2,4H2,1H3,(H,11,12). The molecule has 5 heteroatoms. The second-order valence-electron chi connectivity index (χ2n) is 2.37. The van der Waals surface area contributed by atoms with Crippen molar-refractivity contribution in [3.63, 3.8) is 0 Å².